The average Bonchev–Trinajstić information content (AvgIpc) is 2.29. The van der Waals surface area contributed by atoms with Gasteiger partial charge in [0.05, 0.1) is 0 Å². The third-order valence-corrected chi connectivity index (χ3v) is 2.85. The van der Waals surface area contributed by atoms with Gasteiger partial charge in [-0.1, -0.05) is 43.7 Å². The molecule has 2 atom stereocenters. The quantitative estimate of drug-likeness (QED) is 0.772. The van der Waals surface area contributed by atoms with Crippen LogP contribution in [0.2, 0.25) is 0 Å². The third kappa shape index (κ3) is 4.03. The molecule has 0 saturated heterocycles. The van der Waals surface area contributed by atoms with Gasteiger partial charge in [0.15, 0.2) is 0 Å². The number of carboxylic acid groups (broad SMARTS) is 1. The van der Waals surface area contributed by atoms with E-state index in [1.165, 1.54) is 5.56 Å². The molecule has 0 aliphatic heterocycles. The van der Waals surface area contributed by atoms with Gasteiger partial charge in [-0.2, -0.15) is 0 Å². The number of benzene rings is 1. The zero-order chi connectivity index (χ0) is 12.0. The Bertz CT molecular complexity index is 324. The summed E-state index contributed by atoms with van der Waals surface area (Å²) in [5.41, 5.74) is 6.79. The smallest absolute Gasteiger partial charge is 0.320 e. The normalized spacial score (nSPS) is 14.4. The maximum absolute atomic E-state index is 10.7. The standard InChI is InChI=1S/C13H19NO2/c1-2-10(9-12(14)13(15)16)8-11-6-4-3-5-7-11/h3-7,10,12H,2,8-9,14H2,1H3,(H,15,16). The number of hydrogen-bond acceptors (Lipinski definition) is 2. The van der Waals surface area contributed by atoms with Crippen LogP contribution in [0.3, 0.4) is 0 Å². The van der Waals surface area contributed by atoms with Crippen molar-refractivity contribution < 1.29 is 9.90 Å². The van der Waals surface area contributed by atoms with Crippen molar-refractivity contribution in [2.75, 3.05) is 0 Å². The van der Waals surface area contributed by atoms with Crippen molar-refractivity contribution in [2.45, 2.75) is 32.2 Å². The molecule has 16 heavy (non-hydrogen) atoms. The van der Waals surface area contributed by atoms with Gasteiger partial charge in [-0.3, -0.25) is 4.79 Å². The molecule has 0 fully saturated rings. The van der Waals surface area contributed by atoms with Crippen molar-refractivity contribution in [3.05, 3.63) is 35.9 Å². The van der Waals surface area contributed by atoms with Gasteiger partial charge < -0.3 is 10.8 Å². The van der Waals surface area contributed by atoms with Crippen LogP contribution < -0.4 is 5.73 Å². The van der Waals surface area contributed by atoms with E-state index >= 15 is 0 Å². The lowest BCUT2D eigenvalue weighted by Gasteiger charge is -2.17. The van der Waals surface area contributed by atoms with Gasteiger partial charge in [-0.25, -0.2) is 0 Å². The van der Waals surface area contributed by atoms with Crippen molar-refractivity contribution in [3.8, 4) is 0 Å². The zero-order valence-electron chi connectivity index (χ0n) is 9.60. The molecule has 1 aromatic rings. The summed E-state index contributed by atoms with van der Waals surface area (Å²) in [5, 5.41) is 8.77. The summed E-state index contributed by atoms with van der Waals surface area (Å²) in [7, 11) is 0. The Hall–Kier alpha value is -1.35. The number of carbonyl (C=O) groups is 1. The van der Waals surface area contributed by atoms with Crippen LogP contribution in [0.25, 0.3) is 0 Å². The first-order valence-corrected chi connectivity index (χ1v) is 5.65. The molecule has 0 radical (unpaired) electrons. The number of rotatable bonds is 6. The second kappa shape index (κ2) is 6.28. The summed E-state index contributed by atoms with van der Waals surface area (Å²) >= 11 is 0. The van der Waals surface area contributed by atoms with Crippen LogP contribution in [0.4, 0.5) is 0 Å². The van der Waals surface area contributed by atoms with Crippen LogP contribution in [0.15, 0.2) is 30.3 Å². The number of nitrogens with two attached hydrogens (primary N) is 1. The predicted octanol–water partition coefficient (Wildman–Crippen LogP) is 2.06. The van der Waals surface area contributed by atoms with E-state index in [0.29, 0.717) is 12.3 Å². The molecule has 0 saturated carbocycles. The molecule has 88 valence electrons. The minimum Gasteiger partial charge on any atom is -0.480 e. The van der Waals surface area contributed by atoms with E-state index in [4.69, 9.17) is 10.8 Å². The number of aliphatic carboxylic acids is 1. The summed E-state index contributed by atoms with van der Waals surface area (Å²) in [4.78, 5) is 10.7. The van der Waals surface area contributed by atoms with Gasteiger partial charge in [-0.05, 0) is 24.3 Å². The fourth-order valence-corrected chi connectivity index (χ4v) is 1.80. The third-order valence-electron chi connectivity index (χ3n) is 2.85. The molecule has 1 rings (SSSR count). The lowest BCUT2D eigenvalue weighted by atomic mass is 9.91. The van der Waals surface area contributed by atoms with Crippen LogP contribution >= 0.6 is 0 Å². The Morgan fingerprint density at radius 2 is 2.00 bits per heavy atom. The van der Waals surface area contributed by atoms with Crippen LogP contribution in [0.5, 0.6) is 0 Å². The second-order valence-electron chi connectivity index (χ2n) is 4.14. The fraction of sp³-hybridized carbons (Fsp3) is 0.462. The largest absolute Gasteiger partial charge is 0.480 e. The molecule has 0 heterocycles. The van der Waals surface area contributed by atoms with Crippen molar-refractivity contribution >= 4 is 5.97 Å². The van der Waals surface area contributed by atoms with Gasteiger partial charge in [0.2, 0.25) is 0 Å². The molecule has 0 bridgehead atoms. The monoisotopic (exact) mass is 221 g/mol. The highest BCUT2D eigenvalue weighted by Crippen LogP contribution is 2.17. The summed E-state index contributed by atoms with van der Waals surface area (Å²) in [6.45, 7) is 2.07. The maximum Gasteiger partial charge on any atom is 0.320 e. The molecule has 3 N–H and O–H groups in total. The Labute approximate surface area is 96.3 Å². The molecule has 0 spiro atoms. The van der Waals surface area contributed by atoms with Crippen molar-refractivity contribution in [2.24, 2.45) is 11.7 Å². The highest BCUT2D eigenvalue weighted by atomic mass is 16.4. The van der Waals surface area contributed by atoms with Gasteiger partial charge in [0, 0.05) is 0 Å². The molecule has 3 nitrogen and oxygen atoms in total. The molecule has 0 aliphatic rings. The summed E-state index contributed by atoms with van der Waals surface area (Å²) in [6.07, 6.45) is 2.40. The van der Waals surface area contributed by atoms with Crippen LogP contribution in [0.1, 0.15) is 25.3 Å². The predicted molar refractivity (Wildman–Crippen MR) is 64.2 cm³/mol. The Morgan fingerprint density at radius 1 is 1.38 bits per heavy atom. The van der Waals surface area contributed by atoms with Gasteiger partial charge >= 0.3 is 5.97 Å². The van der Waals surface area contributed by atoms with E-state index in [1.54, 1.807) is 0 Å². The lowest BCUT2D eigenvalue weighted by molar-refractivity contribution is -0.138. The molecule has 2 unspecified atom stereocenters. The van der Waals surface area contributed by atoms with Crippen LogP contribution in [0, 0.1) is 5.92 Å². The van der Waals surface area contributed by atoms with Crippen molar-refractivity contribution in [1.82, 2.24) is 0 Å². The minimum absolute atomic E-state index is 0.341. The first-order valence-electron chi connectivity index (χ1n) is 5.65. The molecular formula is C13H19NO2. The number of carboxylic acids is 1. The van der Waals surface area contributed by atoms with Gasteiger partial charge in [0.25, 0.3) is 0 Å². The van der Waals surface area contributed by atoms with E-state index in [-0.39, 0.29) is 0 Å². The van der Waals surface area contributed by atoms with Crippen LogP contribution in [-0.4, -0.2) is 17.1 Å². The van der Waals surface area contributed by atoms with Crippen molar-refractivity contribution in [3.63, 3.8) is 0 Å². The Balaban J connectivity index is 2.53. The van der Waals surface area contributed by atoms with E-state index in [9.17, 15) is 4.79 Å². The minimum atomic E-state index is -0.911. The highest BCUT2D eigenvalue weighted by Gasteiger charge is 2.17. The van der Waals surface area contributed by atoms with E-state index in [1.807, 2.05) is 18.2 Å². The number of hydrogen-bond donors (Lipinski definition) is 2. The topological polar surface area (TPSA) is 63.3 Å². The lowest BCUT2D eigenvalue weighted by Crippen LogP contribution is -2.32. The molecular weight excluding hydrogens is 202 g/mol. The Morgan fingerprint density at radius 3 is 2.50 bits per heavy atom. The average molecular weight is 221 g/mol. The molecule has 1 aromatic carbocycles. The first kappa shape index (κ1) is 12.7. The molecule has 0 aliphatic carbocycles. The fourth-order valence-electron chi connectivity index (χ4n) is 1.80. The van der Waals surface area contributed by atoms with E-state index < -0.39 is 12.0 Å². The molecule has 0 amide bonds. The van der Waals surface area contributed by atoms with Crippen LogP contribution in [-0.2, 0) is 11.2 Å². The van der Waals surface area contributed by atoms with E-state index in [2.05, 4.69) is 19.1 Å². The van der Waals surface area contributed by atoms with Gasteiger partial charge in [0.1, 0.15) is 6.04 Å². The zero-order valence-corrected chi connectivity index (χ0v) is 9.60. The summed E-state index contributed by atoms with van der Waals surface area (Å²) < 4.78 is 0. The maximum atomic E-state index is 10.7. The molecule has 3 heteroatoms. The second-order valence-corrected chi connectivity index (χ2v) is 4.14. The Kier molecular flexibility index (Phi) is 4.99. The van der Waals surface area contributed by atoms with E-state index in [0.717, 1.165) is 12.8 Å². The SMILES string of the molecule is CCC(Cc1ccccc1)CC(N)C(=O)O. The van der Waals surface area contributed by atoms with Gasteiger partial charge in [-0.15, -0.1) is 0 Å². The van der Waals surface area contributed by atoms with Crippen molar-refractivity contribution in [1.29, 1.82) is 0 Å². The highest BCUT2D eigenvalue weighted by molar-refractivity contribution is 5.73. The summed E-state index contributed by atoms with van der Waals surface area (Å²) in [6, 6.07) is 9.36. The summed E-state index contributed by atoms with van der Waals surface area (Å²) in [5.74, 6) is -0.569. The molecule has 0 aromatic heterocycles. The first-order chi connectivity index (χ1) is 7.63.